The lowest BCUT2D eigenvalue weighted by Gasteiger charge is -2.30. The van der Waals surface area contributed by atoms with Crippen molar-refractivity contribution in [3.8, 4) is 0 Å². The van der Waals surface area contributed by atoms with Crippen LogP contribution in [0.3, 0.4) is 0 Å². The summed E-state index contributed by atoms with van der Waals surface area (Å²) in [6.45, 7) is 0.421. The molecule has 0 radical (unpaired) electrons. The van der Waals surface area contributed by atoms with E-state index < -0.39 is 51.1 Å². The van der Waals surface area contributed by atoms with Crippen LogP contribution in [0, 0.1) is 0 Å². The van der Waals surface area contributed by atoms with Gasteiger partial charge in [-0.1, -0.05) is 0 Å². The Hall–Kier alpha value is -0.840. The van der Waals surface area contributed by atoms with E-state index in [1.165, 1.54) is 6.92 Å². The molecule has 0 aromatic heterocycles. The molecule has 0 aromatic carbocycles. The maximum absolute atomic E-state index is 11.3. The summed E-state index contributed by atoms with van der Waals surface area (Å²) < 4.78 is 22.3. The molecule has 0 aromatic rings. The normalized spacial score (nSPS) is 14.5. The van der Waals surface area contributed by atoms with Gasteiger partial charge in [0, 0.05) is 6.42 Å². The van der Waals surface area contributed by atoms with Gasteiger partial charge in [0.15, 0.2) is 0 Å². The molecule has 0 heterocycles. The predicted molar refractivity (Wildman–Crippen MR) is 73.7 cm³/mol. The van der Waals surface area contributed by atoms with E-state index in [0.29, 0.717) is 0 Å². The average molecular weight is 363 g/mol. The summed E-state index contributed by atoms with van der Waals surface area (Å²) in [7, 11) is -10.6. The minimum absolute atomic E-state index is 0.387. The number of carbonyl (C=O) groups is 2. The van der Waals surface area contributed by atoms with Gasteiger partial charge in [-0.25, -0.2) is 0 Å². The highest BCUT2D eigenvalue weighted by Gasteiger charge is 2.56. The number of hydrogen-bond acceptors (Lipinski definition) is 6. The van der Waals surface area contributed by atoms with Crippen LogP contribution in [0.25, 0.3) is 0 Å². The molecule has 0 spiro atoms. The minimum Gasteiger partial charge on any atom is -0.480 e. The average Bonchev–Trinajstić information content (AvgIpc) is 2.31. The Balaban J connectivity index is 4.51. The molecule has 0 fully saturated rings. The first kappa shape index (κ1) is 21.2. The number of rotatable bonds is 9. The fourth-order valence-corrected chi connectivity index (χ4v) is 3.45. The van der Waals surface area contributed by atoms with Crippen LogP contribution in [-0.2, 0) is 18.7 Å². The van der Waals surface area contributed by atoms with Crippen molar-refractivity contribution in [2.24, 2.45) is 5.73 Å². The van der Waals surface area contributed by atoms with E-state index in [2.05, 4.69) is 10.6 Å². The van der Waals surface area contributed by atoms with E-state index >= 15 is 0 Å². The van der Waals surface area contributed by atoms with Gasteiger partial charge in [0.05, 0.1) is 6.54 Å². The number of nitrogens with one attached hydrogen (secondary N) is 2. The van der Waals surface area contributed by atoms with Crippen molar-refractivity contribution in [1.29, 1.82) is 0 Å². The molecule has 0 saturated carbocycles. The molecule has 0 aliphatic rings. The summed E-state index contributed by atoms with van der Waals surface area (Å²) in [5, 5.41) is 9.96. The summed E-state index contributed by atoms with van der Waals surface area (Å²) in [5.41, 5.74) is 5.14. The fraction of sp³-hybridized carbons (Fsp3) is 0.750. The Kier molecular flexibility index (Phi) is 7.33. The van der Waals surface area contributed by atoms with Crippen molar-refractivity contribution in [2.75, 3.05) is 13.1 Å². The molecule has 0 aliphatic heterocycles. The first-order valence-corrected chi connectivity index (χ1v) is 9.08. The second-order valence-corrected chi connectivity index (χ2v) is 8.65. The van der Waals surface area contributed by atoms with Crippen molar-refractivity contribution in [3.63, 3.8) is 0 Å². The molecule has 0 aliphatic carbocycles. The van der Waals surface area contributed by atoms with E-state index in [-0.39, 0.29) is 6.54 Å². The third kappa shape index (κ3) is 5.75. The van der Waals surface area contributed by atoms with Crippen LogP contribution >= 0.6 is 15.2 Å². The molecule has 9 N–H and O–H groups in total. The standard InChI is InChI=1S/C8H19N3O9P2/c1-5(7(13)14)11-6(12)4-10-3-2-8(9,21(15,16)17)22(18,19)20/h5,10H,2-4,9H2,1H3,(H,11,12)(H,13,14)(H2,15,16,17)(H2,18,19,20)/t5-/m0/s1. The quantitative estimate of drug-likeness (QED) is 0.158. The summed E-state index contributed by atoms with van der Waals surface area (Å²) in [4.78, 5) is 57.7. The Bertz CT molecular complexity index is 491. The number of nitrogens with two attached hydrogens (primary N) is 1. The molecule has 14 heteroatoms. The van der Waals surface area contributed by atoms with Gasteiger partial charge in [-0.2, -0.15) is 0 Å². The van der Waals surface area contributed by atoms with Crippen molar-refractivity contribution in [3.05, 3.63) is 0 Å². The summed E-state index contributed by atoms with van der Waals surface area (Å²) >= 11 is 0. The zero-order valence-corrected chi connectivity index (χ0v) is 13.3. The zero-order valence-electron chi connectivity index (χ0n) is 11.5. The lowest BCUT2D eigenvalue weighted by Crippen LogP contribution is -2.45. The van der Waals surface area contributed by atoms with E-state index in [9.17, 15) is 18.7 Å². The fourth-order valence-electron chi connectivity index (χ4n) is 1.29. The highest BCUT2D eigenvalue weighted by atomic mass is 31.2. The number of carbonyl (C=O) groups excluding carboxylic acids is 1. The molecular formula is C8H19N3O9P2. The van der Waals surface area contributed by atoms with Gasteiger partial charge in [0.25, 0.3) is 0 Å². The molecule has 22 heavy (non-hydrogen) atoms. The molecule has 0 rings (SSSR count). The van der Waals surface area contributed by atoms with E-state index in [1.54, 1.807) is 0 Å². The molecule has 130 valence electrons. The molecule has 1 atom stereocenters. The second kappa shape index (κ2) is 7.62. The number of aliphatic carboxylic acids is 1. The van der Waals surface area contributed by atoms with Crippen LogP contribution in [0.4, 0.5) is 0 Å². The van der Waals surface area contributed by atoms with Crippen molar-refractivity contribution < 1.29 is 43.4 Å². The summed E-state index contributed by atoms with van der Waals surface area (Å²) in [6, 6.07) is -1.13. The van der Waals surface area contributed by atoms with Crippen molar-refractivity contribution in [1.82, 2.24) is 10.6 Å². The van der Waals surface area contributed by atoms with Gasteiger partial charge in [0.2, 0.25) is 10.9 Å². The highest BCUT2D eigenvalue weighted by molar-refractivity contribution is 7.72. The number of carboxylic acids is 1. The van der Waals surface area contributed by atoms with Crippen LogP contribution in [0.5, 0.6) is 0 Å². The Morgan fingerprint density at radius 1 is 1.18 bits per heavy atom. The maximum atomic E-state index is 11.3. The van der Waals surface area contributed by atoms with Gasteiger partial charge in [-0.3, -0.25) is 18.7 Å². The summed E-state index contributed by atoms with van der Waals surface area (Å²) in [6.07, 6.45) is -0.802. The molecular weight excluding hydrogens is 344 g/mol. The van der Waals surface area contributed by atoms with Crippen LogP contribution in [0.15, 0.2) is 0 Å². The van der Waals surface area contributed by atoms with Crippen LogP contribution in [0.1, 0.15) is 13.3 Å². The molecule has 0 saturated heterocycles. The number of carboxylic acid groups (broad SMARTS) is 1. The smallest absolute Gasteiger partial charge is 0.357 e. The maximum Gasteiger partial charge on any atom is 0.357 e. The van der Waals surface area contributed by atoms with Crippen LogP contribution in [-0.4, -0.2) is 60.7 Å². The lowest BCUT2D eigenvalue weighted by atomic mass is 10.3. The Morgan fingerprint density at radius 2 is 1.64 bits per heavy atom. The van der Waals surface area contributed by atoms with Gasteiger partial charge in [-0.05, 0) is 13.5 Å². The van der Waals surface area contributed by atoms with Gasteiger partial charge >= 0.3 is 21.2 Å². The molecule has 0 unspecified atom stereocenters. The summed E-state index contributed by atoms with van der Waals surface area (Å²) in [5.74, 6) is -1.97. The Morgan fingerprint density at radius 3 is 2.00 bits per heavy atom. The number of hydrogen-bond donors (Lipinski definition) is 8. The molecule has 1 amide bonds. The minimum atomic E-state index is -5.31. The monoisotopic (exact) mass is 363 g/mol. The largest absolute Gasteiger partial charge is 0.480 e. The molecule has 0 bridgehead atoms. The van der Waals surface area contributed by atoms with Gasteiger partial charge in [-0.15, -0.1) is 0 Å². The van der Waals surface area contributed by atoms with Crippen LogP contribution < -0.4 is 16.4 Å². The third-order valence-electron chi connectivity index (χ3n) is 2.71. The van der Waals surface area contributed by atoms with Crippen molar-refractivity contribution in [2.45, 2.75) is 24.4 Å². The van der Waals surface area contributed by atoms with Crippen molar-refractivity contribution >= 4 is 27.1 Å². The second-order valence-electron chi connectivity index (χ2n) is 4.52. The zero-order chi connectivity index (χ0) is 17.8. The number of amides is 1. The highest BCUT2D eigenvalue weighted by Crippen LogP contribution is 2.67. The SMILES string of the molecule is C[C@H](NC(=O)CNCCC(N)(P(=O)(O)O)P(=O)(O)O)C(=O)O. The van der Waals surface area contributed by atoms with Crippen LogP contribution in [0.2, 0.25) is 0 Å². The van der Waals surface area contributed by atoms with Gasteiger partial charge < -0.3 is 41.0 Å². The first-order chi connectivity index (χ1) is 9.72. The first-order valence-electron chi connectivity index (χ1n) is 5.85. The topological polar surface area (TPSA) is 220 Å². The van der Waals surface area contributed by atoms with E-state index in [4.69, 9.17) is 30.4 Å². The third-order valence-corrected chi connectivity index (χ3v) is 6.74. The van der Waals surface area contributed by atoms with E-state index in [0.717, 1.165) is 0 Å². The predicted octanol–water partition coefficient (Wildman–Crippen LogP) is -2.48. The lowest BCUT2D eigenvalue weighted by molar-refractivity contribution is -0.141. The van der Waals surface area contributed by atoms with E-state index in [1.807, 2.05) is 0 Å². The molecule has 12 nitrogen and oxygen atoms in total. The Labute approximate surface area is 125 Å². The van der Waals surface area contributed by atoms with Gasteiger partial charge in [0.1, 0.15) is 6.04 Å².